The zero-order chi connectivity index (χ0) is 16.7. The van der Waals surface area contributed by atoms with E-state index < -0.39 is 11.6 Å². The molecule has 0 saturated carbocycles. The van der Waals surface area contributed by atoms with Gasteiger partial charge in [-0.25, -0.2) is 8.78 Å². The van der Waals surface area contributed by atoms with Crippen LogP contribution < -0.4 is 0 Å². The van der Waals surface area contributed by atoms with Crippen LogP contribution >= 0.6 is 0 Å². The van der Waals surface area contributed by atoms with Gasteiger partial charge in [0, 0.05) is 22.9 Å². The van der Waals surface area contributed by atoms with Crippen molar-refractivity contribution in [1.82, 2.24) is 4.98 Å². The molecule has 2 nitrogen and oxygen atoms in total. The number of nitriles is 1. The Balaban J connectivity index is 2.07. The SMILES string of the molecule is N#C/C(=C1\c2ccccc2-c2ncccc21)c1ccc(F)c(F)c1. The Labute approximate surface area is 137 Å². The predicted octanol–water partition coefficient (Wildman–Crippen LogP) is 4.82. The molecule has 2 aromatic carbocycles. The van der Waals surface area contributed by atoms with Gasteiger partial charge in [-0.15, -0.1) is 0 Å². The molecule has 0 amide bonds. The van der Waals surface area contributed by atoms with Crippen LogP contribution in [-0.2, 0) is 0 Å². The van der Waals surface area contributed by atoms with Crippen molar-refractivity contribution in [2.45, 2.75) is 0 Å². The average molecular weight is 316 g/mol. The Morgan fingerprint density at radius 1 is 0.875 bits per heavy atom. The number of hydrogen-bond donors (Lipinski definition) is 0. The Morgan fingerprint density at radius 2 is 1.62 bits per heavy atom. The van der Waals surface area contributed by atoms with E-state index in [4.69, 9.17) is 0 Å². The molecule has 0 saturated heterocycles. The number of aromatic nitrogens is 1. The van der Waals surface area contributed by atoms with E-state index in [0.717, 1.165) is 34.5 Å². The van der Waals surface area contributed by atoms with Gasteiger partial charge in [-0.3, -0.25) is 4.98 Å². The summed E-state index contributed by atoms with van der Waals surface area (Å²) in [6, 6.07) is 17.0. The molecule has 0 unspecified atom stereocenters. The minimum absolute atomic E-state index is 0.299. The molecule has 0 bridgehead atoms. The van der Waals surface area contributed by atoms with E-state index in [0.29, 0.717) is 16.7 Å². The first-order valence-corrected chi connectivity index (χ1v) is 7.35. The second kappa shape index (κ2) is 5.39. The van der Waals surface area contributed by atoms with Crippen molar-refractivity contribution in [2.75, 3.05) is 0 Å². The molecule has 3 aromatic rings. The van der Waals surface area contributed by atoms with E-state index in [-0.39, 0.29) is 0 Å². The van der Waals surface area contributed by atoms with Crippen LogP contribution in [0.25, 0.3) is 22.4 Å². The number of pyridine rings is 1. The van der Waals surface area contributed by atoms with Crippen molar-refractivity contribution < 1.29 is 8.78 Å². The van der Waals surface area contributed by atoms with Gasteiger partial charge in [0.15, 0.2) is 11.6 Å². The Morgan fingerprint density at radius 3 is 2.38 bits per heavy atom. The summed E-state index contributed by atoms with van der Waals surface area (Å²) in [6.07, 6.45) is 1.70. The predicted molar refractivity (Wildman–Crippen MR) is 87.6 cm³/mol. The van der Waals surface area contributed by atoms with E-state index in [9.17, 15) is 14.0 Å². The lowest BCUT2D eigenvalue weighted by molar-refractivity contribution is 0.508. The first kappa shape index (κ1) is 14.3. The molecule has 24 heavy (non-hydrogen) atoms. The van der Waals surface area contributed by atoms with Crippen molar-refractivity contribution in [3.8, 4) is 17.3 Å². The van der Waals surface area contributed by atoms with Crippen LogP contribution in [0.1, 0.15) is 16.7 Å². The average Bonchev–Trinajstić information content (AvgIpc) is 2.94. The highest BCUT2D eigenvalue weighted by atomic mass is 19.2. The van der Waals surface area contributed by atoms with Crippen LogP contribution in [0.3, 0.4) is 0 Å². The molecule has 0 fully saturated rings. The monoisotopic (exact) mass is 316 g/mol. The summed E-state index contributed by atoms with van der Waals surface area (Å²) in [5, 5.41) is 9.71. The summed E-state index contributed by atoms with van der Waals surface area (Å²) in [5.41, 5.74) is 4.75. The first-order chi connectivity index (χ1) is 11.7. The number of benzene rings is 2. The number of fused-ring (bicyclic) bond motifs is 3. The third-order valence-electron chi connectivity index (χ3n) is 4.10. The molecule has 1 aliphatic carbocycles. The fourth-order valence-corrected chi connectivity index (χ4v) is 3.06. The molecule has 4 heteroatoms. The van der Waals surface area contributed by atoms with E-state index >= 15 is 0 Å². The molecular formula is C20H10F2N2. The van der Waals surface area contributed by atoms with Crippen LogP contribution in [-0.4, -0.2) is 4.98 Å². The van der Waals surface area contributed by atoms with Crippen molar-refractivity contribution in [1.29, 1.82) is 5.26 Å². The first-order valence-electron chi connectivity index (χ1n) is 7.35. The number of hydrogen-bond acceptors (Lipinski definition) is 2. The standard InChI is InChI=1S/C20H10F2N2/c21-17-8-7-12(10-18(17)22)16(11-23)19-13-4-1-2-5-14(13)20-15(19)6-3-9-24-20/h1-10H/b19-16-. The van der Waals surface area contributed by atoms with Gasteiger partial charge < -0.3 is 0 Å². The molecule has 114 valence electrons. The third kappa shape index (κ3) is 2.03. The van der Waals surface area contributed by atoms with Crippen LogP contribution in [0.2, 0.25) is 0 Å². The van der Waals surface area contributed by atoms with Gasteiger partial charge in [0.25, 0.3) is 0 Å². The molecule has 4 rings (SSSR count). The molecule has 0 radical (unpaired) electrons. The number of halogens is 2. The highest BCUT2D eigenvalue weighted by molar-refractivity contribution is 6.12. The topological polar surface area (TPSA) is 36.7 Å². The molecular weight excluding hydrogens is 306 g/mol. The maximum atomic E-state index is 13.6. The summed E-state index contributed by atoms with van der Waals surface area (Å²) in [5.74, 6) is -1.91. The lowest BCUT2D eigenvalue weighted by Crippen LogP contribution is -1.93. The zero-order valence-corrected chi connectivity index (χ0v) is 12.4. The Kier molecular flexibility index (Phi) is 3.21. The van der Waals surface area contributed by atoms with Crippen molar-refractivity contribution in [3.63, 3.8) is 0 Å². The van der Waals surface area contributed by atoms with E-state index in [1.54, 1.807) is 12.3 Å². The van der Waals surface area contributed by atoms with Gasteiger partial charge in [-0.2, -0.15) is 5.26 Å². The fraction of sp³-hybridized carbons (Fsp3) is 0. The maximum Gasteiger partial charge on any atom is 0.159 e. The number of rotatable bonds is 1. The second-order valence-electron chi connectivity index (χ2n) is 5.44. The maximum absolute atomic E-state index is 13.6. The van der Waals surface area contributed by atoms with Gasteiger partial charge in [0.1, 0.15) is 6.07 Å². The highest BCUT2D eigenvalue weighted by Gasteiger charge is 2.27. The Hall–Kier alpha value is -3.32. The van der Waals surface area contributed by atoms with Gasteiger partial charge in [0.05, 0.1) is 11.3 Å². The van der Waals surface area contributed by atoms with Crippen LogP contribution in [0.5, 0.6) is 0 Å². The number of nitrogens with zero attached hydrogens (tertiary/aromatic N) is 2. The van der Waals surface area contributed by atoms with Gasteiger partial charge in [0.2, 0.25) is 0 Å². The minimum atomic E-state index is -0.974. The lowest BCUT2D eigenvalue weighted by Gasteiger charge is -2.08. The quantitative estimate of drug-likeness (QED) is 0.472. The largest absolute Gasteiger partial charge is 0.256 e. The lowest BCUT2D eigenvalue weighted by atomic mass is 9.94. The van der Waals surface area contributed by atoms with Gasteiger partial charge in [-0.1, -0.05) is 36.4 Å². The third-order valence-corrected chi connectivity index (χ3v) is 4.10. The summed E-state index contributed by atoms with van der Waals surface area (Å²) in [6.45, 7) is 0. The fourth-order valence-electron chi connectivity index (χ4n) is 3.06. The molecule has 0 atom stereocenters. The van der Waals surface area contributed by atoms with Crippen molar-refractivity contribution in [3.05, 3.63) is 89.1 Å². The summed E-state index contributed by atoms with van der Waals surface area (Å²) in [4.78, 5) is 4.42. The van der Waals surface area contributed by atoms with E-state index in [2.05, 4.69) is 11.1 Å². The molecule has 1 heterocycles. The molecule has 0 spiro atoms. The minimum Gasteiger partial charge on any atom is -0.256 e. The normalized spacial score (nSPS) is 13.9. The zero-order valence-electron chi connectivity index (χ0n) is 12.4. The molecule has 0 aliphatic heterocycles. The van der Waals surface area contributed by atoms with Crippen LogP contribution in [0.4, 0.5) is 8.78 Å². The molecule has 0 N–H and O–H groups in total. The summed E-state index contributed by atoms with van der Waals surface area (Å²) in [7, 11) is 0. The second-order valence-corrected chi connectivity index (χ2v) is 5.44. The van der Waals surface area contributed by atoms with Gasteiger partial charge >= 0.3 is 0 Å². The smallest absolute Gasteiger partial charge is 0.159 e. The Bertz CT molecular complexity index is 998. The summed E-state index contributed by atoms with van der Waals surface area (Å²) >= 11 is 0. The van der Waals surface area contributed by atoms with E-state index in [1.165, 1.54) is 6.07 Å². The molecule has 1 aromatic heterocycles. The highest BCUT2D eigenvalue weighted by Crippen LogP contribution is 2.45. The van der Waals surface area contributed by atoms with Crippen molar-refractivity contribution >= 4 is 11.1 Å². The van der Waals surface area contributed by atoms with Gasteiger partial charge in [-0.05, 0) is 29.3 Å². The van der Waals surface area contributed by atoms with E-state index in [1.807, 2.05) is 30.3 Å². The molecule has 1 aliphatic rings. The van der Waals surface area contributed by atoms with Crippen LogP contribution in [0.15, 0.2) is 60.8 Å². The van der Waals surface area contributed by atoms with Crippen LogP contribution in [0, 0.1) is 23.0 Å². The number of allylic oxidation sites excluding steroid dienone is 1. The summed E-state index contributed by atoms with van der Waals surface area (Å²) < 4.78 is 26.9. The van der Waals surface area contributed by atoms with Crippen molar-refractivity contribution in [2.24, 2.45) is 0 Å².